The molecule has 0 spiro atoms. The number of carbonyl (C=O) groups excluding carboxylic acids is 1. The molecular weight excluding hydrogens is 495 g/mol. The van der Waals surface area contributed by atoms with Crippen LogP contribution in [0.4, 0.5) is 17.1 Å². The first kappa shape index (κ1) is 25.1. The minimum absolute atomic E-state index is 0.0890. The molecule has 0 bridgehead atoms. The van der Waals surface area contributed by atoms with E-state index in [1.807, 2.05) is 11.0 Å². The lowest BCUT2D eigenvalue weighted by Gasteiger charge is -2.36. The van der Waals surface area contributed by atoms with E-state index in [2.05, 4.69) is 4.90 Å². The Kier molecular flexibility index (Phi) is 8.00. The second-order valence-electron chi connectivity index (χ2n) is 8.19. The zero-order valence-electron chi connectivity index (χ0n) is 19.3. The number of methoxy groups -OCH3 is 1. The number of nitrogens with zero attached hydrogens (tertiary/aromatic N) is 4. The molecule has 186 valence electrons. The first-order valence-electron chi connectivity index (χ1n) is 11.2. The molecule has 0 N–H and O–H groups in total. The number of carbonyl (C=O) groups is 1. The normalized spacial score (nSPS) is 16.6. The van der Waals surface area contributed by atoms with Gasteiger partial charge in [0.2, 0.25) is 5.91 Å². The third-order valence-corrected chi connectivity index (χ3v) is 6.61. The van der Waals surface area contributed by atoms with Crippen LogP contribution in [0.15, 0.2) is 36.4 Å². The van der Waals surface area contributed by atoms with Gasteiger partial charge in [-0.1, -0.05) is 23.2 Å². The van der Waals surface area contributed by atoms with Crippen molar-refractivity contribution in [2.45, 2.75) is 0 Å². The van der Waals surface area contributed by atoms with Crippen LogP contribution < -0.4 is 14.5 Å². The highest BCUT2D eigenvalue weighted by Crippen LogP contribution is 2.34. The van der Waals surface area contributed by atoms with Crippen LogP contribution in [0.2, 0.25) is 10.0 Å². The molecule has 0 saturated carbocycles. The standard InChI is InChI=1S/C24H26Cl2N4O5/c1-34-24-17(14-18(25)15-20(24)26)2-5-23(31)29-8-6-27(7-9-29)19-3-4-21(30(32)33)22(16-19)28-10-12-35-13-11-28/h2-5,14-16H,6-13H2,1H3/b5-2+. The molecule has 2 aromatic carbocycles. The number of halogens is 2. The molecule has 1 amide bonds. The van der Waals surface area contributed by atoms with E-state index in [0.717, 1.165) is 5.69 Å². The van der Waals surface area contributed by atoms with Gasteiger partial charge in [0.1, 0.15) is 11.4 Å². The number of hydrogen-bond acceptors (Lipinski definition) is 7. The molecule has 2 aromatic rings. The van der Waals surface area contributed by atoms with E-state index in [4.69, 9.17) is 32.7 Å². The monoisotopic (exact) mass is 520 g/mol. The molecule has 0 unspecified atom stereocenters. The number of ether oxygens (including phenoxy) is 2. The highest BCUT2D eigenvalue weighted by Gasteiger charge is 2.25. The number of amides is 1. The molecule has 2 saturated heterocycles. The quantitative estimate of drug-likeness (QED) is 0.321. The number of morpholine rings is 1. The topological polar surface area (TPSA) is 88.4 Å². The summed E-state index contributed by atoms with van der Waals surface area (Å²) in [6, 6.07) is 8.48. The Morgan fingerprint density at radius 3 is 2.43 bits per heavy atom. The Labute approximate surface area is 213 Å². The van der Waals surface area contributed by atoms with Gasteiger partial charge in [-0.25, -0.2) is 0 Å². The fraction of sp³-hybridized carbons (Fsp3) is 0.375. The van der Waals surface area contributed by atoms with Crippen molar-refractivity contribution in [3.8, 4) is 5.75 Å². The van der Waals surface area contributed by atoms with Crippen molar-refractivity contribution in [2.24, 2.45) is 0 Å². The molecule has 35 heavy (non-hydrogen) atoms. The van der Waals surface area contributed by atoms with Crippen molar-refractivity contribution < 1.29 is 19.2 Å². The summed E-state index contributed by atoms with van der Waals surface area (Å²) in [6.45, 7) is 4.61. The summed E-state index contributed by atoms with van der Waals surface area (Å²) in [5, 5.41) is 12.4. The summed E-state index contributed by atoms with van der Waals surface area (Å²) in [7, 11) is 1.51. The Morgan fingerprint density at radius 2 is 1.77 bits per heavy atom. The zero-order chi connectivity index (χ0) is 24.9. The zero-order valence-corrected chi connectivity index (χ0v) is 20.8. The highest BCUT2D eigenvalue weighted by atomic mass is 35.5. The van der Waals surface area contributed by atoms with Crippen molar-refractivity contribution in [3.05, 3.63) is 62.1 Å². The Morgan fingerprint density at radius 1 is 1.06 bits per heavy atom. The van der Waals surface area contributed by atoms with Crippen LogP contribution in [0.3, 0.4) is 0 Å². The second-order valence-corrected chi connectivity index (χ2v) is 9.03. The van der Waals surface area contributed by atoms with Gasteiger partial charge in [0.05, 0.1) is 30.3 Å². The van der Waals surface area contributed by atoms with Gasteiger partial charge in [-0.15, -0.1) is 0 Å². The maximum absolute atomic E-state index is 12.8. The first-order valence-corrected chi connectivity index (χ1v) is 12.0. The molecule has 2 aliphatic heterocycles. The van der Waals surface area contributed by atoms with Gasteiger partial charge in [0, 0.05) is 67.7 Å². The van der Waals surface area contributed by atoms with Crippen molar-refractivity contribution in [1.82, 2.24) is 4.90 Å². The summed E-state index contributed by atoms with van der Waals surface area (Å²) < 4.78 is 10.7. The summed E-state index contributed by atoms with van der Waals surface area (Å²) in [6.07, 6.45) is 3.14. The van der Waals surface area contributed by atoms with Gasteiger partial charge in [0.25, 0.3) is 5.69 Å². The van der Waals surface area contributed by atoms with Crippen LogP contribution in [-0.4, -0.2) is 75.3 Å². The molecule has 11 heteroatoms. The highest BCUT2D eigenvalue weighted by molar-refractivity contribution is 6.36. The number of anilines is 2. The number of nitro benzene ring substituents is 1. The lowest BCUT2D eigenvalue weighted by molar-refractivity contribution is -0.384. The van der Waals surface area contributed by atoms with E-state index in [1.165, 1.54) is 13.2 Å². The van der Waals surface area contributed by atoms with E-state index in [9.17, 15) is 14.9 Å². The predicted octanol–water partition coefficient (Wildman–Crippen LogP) is 4.11. The average molecular weight is 521 g/mol. The fourth-order valence-corrected chi connectivity index (χ4v) is 4.88. The maximum Gasteiger partial charge on any atom is 0.292 e. The van der Waals surface area contributed by atoms with Crippen LogP contribution in [0.25, 0.3) is 6.08 Å². The Bertz CT molecular complexity index is 1130. The average Bonchev–Trinajstić information content (AvgIpc) is 2.87. The number of nitro groups is 1. The number of hydrogen-bond donors (Lipinski definition) is 0. The molecule has 0 aliphatic carbocycles. The summed E-state index contributed by atoms with van der Waals surface area (Å²) in [5.41, 5.74) is 2.22. The third kappa shape index (κ3) is 5.80. The molecule has 0 atom stereocenters. The number of piperazine rings is 1. The van der Waals surface area contributed by atoms with Gasteiger partial charge in [-0.05, 0) is 30.3 Å². The fourth-order valence-electron chi connectivity index (χ4n) is 4.29. The smallest absolute Gasteiger partial charge is 0.292 e. The predicted molar refractivity (Wildman–Crippen MR) is 137 cm³/mol. The minimum Gasteiger partial charge on any atom is -0.495 e. The van der Waals surface area contributed by atoms with Crippen LogP contribution >= 0.6 is 23.2 Å². The van der Waals surface area contributed by atoms with Crippen molar-refractivity contribution >= 4 is 52.2 Å². The van der Waals surface area contributed by atoms with Gasteiger partial charge >= 0.3 is 0 Å². The number of rotatable bonds is 6. The molecule has 0 aromatic heterocycles. The van der Waals surface area contributed by atoms with Gasteiger partial charge in [-0.3, -0.25) is 14.9 Å². The van der Waals surface area contributed by atoms with E-state index in [1.54, 1.807) is 35.2 Å². The van der Waals surface area contributed by atoms with Crippen LogP contribution in [0.1, 0.15) is 5.56 Å². The van der Waals surface area contributed by atoms with E-state index < -0.39 is 0 Å². The van der Waals surface area contributed by atoms with Crippen molar-refractivity contribution in [1.29, 1.82) is 0 Å². The first-order chi connectivity index (χ1) is 16.9. The molecule has 2 heterocycles. The van der Waals surface area contributed by atoms with Gasteiger partial charge in [0.15, 0.2) is 0 Å². The van der Waals surface area contributed by atoms with Gasteiger partial charge < -0.3 is 24.2 Å². The van der Waals surface area contributed by atoms with Crippen molar-refractivity contribution in [2.75, 3.05) is 69.4 Å². The van der Waals surface area contributed by atoms with Crippen LogP contribution in [-0.2, 0) is 9.53 Å². The molecule has 2 fully saturated rings. The van der Waals surface area contributed by atoms with Crippen LogP contribution in [0, 0.1) is 10.1 Å². The molecular formula is C24H26Cl2N4O5. The van der Waals surface area contributed by atoms with Crippen LogP contribution in [0.5, 0.6) is 5.75 Å². The van der Waals surface area contributed by atoms with E-state index >= 15 is 0 Å². The molecule has 9 nitrogen and oxygen atoms in total. The third-order valence-electron chi connectivity index (χ3n) is 6.11. The Balaban J connectivity index is 1.43. The molecule has 0 radical (unpaired) electrons. The summed E-state index contributed by atoms with van der Waals surface area (Å²) in [4.78, 5) is 29.9. The lowest BCUT2D eigenvalue weighted by Crippen LogP contribution is -2.48. The number of benzene rings is 2. The Hall–Kier alpha value is -3.01. The summed E-state index contributed by atoms with van der Waals surface area (Å²) >= 11 is 12.3. The minimum atomic E-state index is -0.348. The second kappa shape index (κ2) is 11.2. The summed E-state index contributed by atoms with van der Waals surface area (Å²) in [5.74, 6) is 0.333. The lowest BCUT2D eigenvalue weighted by atomic mass is 10.1. The van der Waals surface area contributed by atoms with Crippen molar-refractivity contribution in [3.63, 3.8) is 0 Å². The molecule has 2 aliphatic rings. The molecule has 4 rings (SSSR count). The van der Waals surface area contributed by atoms with Gasteiger partial charge in [-0.2, -0.15) is 0 Å². The largest absolute Gasteiger partial charge is 0.495 e. The maximum atomic E-state index is 12.8. The van der Waals surface area contributed by atoms with E-state index in [-0.39, 0.29) is 16.5 Å². The SMILES string of the molecule is COc1c(Cl)cc(Cl)cc1/C=C/C(=O)N1CCN(c2ccc([N+](=O)[O-])c(N3CCOCC3)c2)CC1. The van der Waals surface area contributed by atoms with E-state index in [0.29, 0.717) is 79.5 Å².